The van der Waals surface area contributed by atoms with Crippen LogP contribution in [0.25, 0.3) is 0 Å². The third-order valence-electron chi connectivity index (χ3n) is 4.69. The van der Waals surface area contributed by atoms with Gasteiger partial charge in [0.25, 0.3) is 5.91 Å². The molecule has 7 heteroatoms. The van der Waals surface area contributed by atoms with E-state index in [2.05, 4.69) is 4.72 Å². The van der Waals surface area contributed by atoms with Crippen molar-refractivity contribution in [3.8, 4) is 0 Å². The number of hydrogen-bond acceptors (Lipinski definition) is 3. The summed E-state index contributed by atoms with van der Waals surface area (Å²) in [6.45, 7) is 0. The molecule has 134 valence electrons. The second kappa shape index (κ2) is 8.32. The molecule has 0 aromatic heterocycles. The van der Waals surface area contributed by atoms with E-state index in [0.29, 0.717) is 0 Å². The number of rotatable bonds is 4. The predicted molar refractivity (Wildman–Crippen MR) is 95.9 cm³/mol. The Morgan fingerprint density at radius 2 is 1.75 bits per heavy atom. The van der Waals surface area contributed by atoms with Gasteiger partial charge < -0.3 is 4.90 Å². The van der Waals surface area contributed by atoms with Crippen LogP contribution in [0.2, 0.25) is 5.02 Å². The Balaban J connectivity index is 2.26. The fourth-order valence-corrected chi connectivity index (χ4v) is 4.09. The molecule has 1 aromatic carbocycles. The third-order valence-corrected chi connectivity index (χ3v) is 6.43. The topological polar surface area (TPSA) is 66.5 Å². The maximum atomic E-state index is 12.9. The van der Waals surface area contributed by atoms with Crippen LogP contribution in [0.1, 0.15) is 55.3 Å². The van der Waals surface area contributed by atoms with Gasteiger partial charge in [0.05, 0.1) is 15.5 Å². The van der Waals surface area contributed by atoms with Crippen LogP contribution in [0.4, 0.5) is 0 Å². The molecule has 5 nitrogen and oxygen atoms in total. The van der Waals surface area contributed by atoms with E-state index in [1.54, 1.807) is 11.9 Å². The molecule has 0 unspecified atom stereocenters. The third kappa shape index (κ3) is 4.49. The van der Waals surface area contributed by atoms with Gasteiger partial charge in [-0.1, -0.05) is 43.7 Å². The van der Waals surface area contributed by atoms with Crippen LogP contribution in [-0.2, 0) is 10.0 Å². The average Bonchev–Trinajstić information content (AvgIpc) is 2.53. The molecule has 0 bridgehead atoms. The van der Waals surface area contributed by atoms with Gasteiger partial charge in [-0.25, -0.2) is 13.1 Å². The van der Waals surface area contributed by atoms with Crippen LogP contribution in [0.3, 0.4) is 0 Å². The highest BCUT2D eigenvalue weighted by molar-refractivity contribution is 7.89. The van der Waals surface area contributed by atoms with Crippen molar-refractivity contribution < 1.29 is 13.2 Å². The van der Waals surface area contributed by atoms with Crippen LogP contribution in [-0.4, -0.2) is 39.4 Å². The summed E-state index contributed by atoms with van der Waals surface area (Å²) in [5, 5.41) is 0.271. The molecule has 1 amide bonds. The lowest BCUT2D eigenvalue weighted by Gasteiger charge is -2.30. The van der Waals surface area contributed by atoms with Crippen LogP contribution in [0.5, 0.6) is 0 Å². The summed E-state index contributed by atoms with van der Waals surface area (Å²) >= 11 is 6.16. The molecule has 0 aliphatic heterocycles. The van der Waals surface area contributed by atoms with Crippen molar-refractivity contribution in [3.63, 3.8) is 0 Å². The van der Waals surface area contributed by atoms with Crippen molar-refractivity contribution in [2.24, 2.45) is 0 Å². The Hall–Kier alpha value is -1.11. The standard InChI is InChI=1S/C17H25ClN2O3S/c1-19-24(22,23)14-10-11-16(18)15(12-14)17(21)20(2)13-8-6-4-3-5-7-9-13/h10-13,19H,3-9H2,1-2H3. The number of nitrogens with one attached hydrogen (secondary N) is 1. The number of carbonyl (C=O) groups is 1. The smallest absolute Gasteiger partial charge is 0.255 e. The number of hydrogen-bond donors (Lipinski definition) is 1. The fourth-order valence-electron chi connectivity index (χ4n) is 3.13. The molecule has 1 N–H and O–H groups in total. The molecule has 0 spiro atoms. The Labute approximate surface area is 149 Å². The molecular formula is C17H25ClN2O3S. The molecule has 1 aromatic rings. The highest BCUT2D eigenvalue weighted by atomic mass is 35.5. The normalized spacial score (nSPS) is 17.1. The summed E-state index contributed by atoms with van der Waals surface area (Å²) in [5.74, 6) is -0.223. The SMILES string of the molecule is CNS(=O)(=O)c1ccc(Cl)c(C(=O)N(C)C2CCCCCCC2)c1. The highest BCUT2D eigenvalue weighted by Gasteiger charge is 2.24. The van der Waals surface area contributed by atoms with E-state index >= 15 is 0 Å². The first-order valence-electron chi connectivity index (χ1n) is 8.37. The number of amides is 1. The average molecular weight is 373 g/mol. The molecule has 2 rings (SSSR count). The van der Waals surface area contributed by atoms with Gasteiger partial charge in [0.1, 0.15) is 0 Å². The first-order valence-corrected chi connectivity index (χ1v) is 10.2. The summed E-state index contributed by atoms with van der Waals surface area (Å²) in [7, 11) is -0.490. The second-order valence-electron chi connectivity index (χ2n) is 6.26. The molecule has 1 saturated carbocycles. The lowest BCUT2D eigenvalue weighted by Crippen LogP contribution is -2.37. The molecule has 1 aliphatic rings. The van der Waals surface area contributed by atoms with E-state index in [4.69, 9.17) is 11.6 Å². The van der Waals surface area contributed by atoms with Gasteiger partial charge in [-0.3, -0.25) is 4.79 Å². The highest BCUT2D eigenvalue weighted by Crippen LogP contribution is 2.25. The second-order valence-corrected chi connectivity index (χ2v) is 8.56. The van der Waals surface area contributed by atoms with Crippen molar-refractivity contribution in [1.29, 1.82) is 0 Å². The zero-order valence-electron chi connectivity index (χ0n) is 14.2. The molecule has 0 atom stereocenters. The number of benzene rings is 1. The van der Waals surface area contributed by atoms with Gasteiger partial charge in [0, 0.05) is 13.1 Å². The van der Waals surface area contributed by atoms with Crippen molar-refractivity contribution in [2.75, 3.05) is 14.1 Å². The first-order chi connectivity index (χ1) is 11.4. The van der Waals surface area contributed by atoms with Crippen molar-refractivity contribution in [1.82, 2.24) is 9.62 Å². The monoisotopic (exact) mass is 372 g/mol. The maximum absolute atomic E-state index is 12.9. The predicted octanol–water partition coefficient (Wildman–Crippen LogP) is 3.43. The van der Waals surface area contributed by atoms with Crippen LogP contribution in [0, 0.1) is 0 Å². The number of carbonyl (C=O) groups excluding carboxylic acids is 1. The summed E-state index contributed by atoms with van der Waals surface area (Å²) in [4.78, 5) is 14.6. The Kier molecular flexibility index (Phi) is 6.66. The molecule has 24 heavy (non-hydrogen) atoms. The summed E-state index contributed by atoms with van der Waals surface area (Å²) in [6, 6.07) is 4.40. The van der Waals surface area contributed by atoms with Crippen LogP contribution >= 0.6 is 11.6 Å². The maximum Gasteiger partial charge on any atom is 0.255 e. The lowest BCUT2D eigenvalue weighted by atomic mass is 9.95. The minimum Gasteiger partial charge on any atom is -0.339 e. The van der Waals surface area contributed by atoms with E-state index in [0.717, 1.165) is 25.7 Å². The van der Waals surface area contributed by atoms with Crippen molar-refractivity contribution in [2.45, 2.75) is 55.9 Å². The van der Waals surface area contributed by atoms with E-state index in [1.165, 1.54) is 44.5 Å². The first kappa shape index (κ1) is 19.2. The Bertz CT molecular complexity index is 683. The van der Waals surface area contributed by atoms with Gasteiger partial charge in [-0.05, 0) is 38.1 Å². The Morgan fingerprint density at radius 3 is 2.33 bits per heavy atom. The molecule has 0 saturated heterocycles. The van der Waals surface area contributed by atoms with Gasteiger partial charge in [-0.15, -0.1) is 0 Å². The van der Waals surface area contributed by atoms with E-state index in [1.807, 2.05) is 0 Å². The minimum atomic E-state index is -3.61. The quantitative estimate of drug-likeness (QED) is 0.880. The molecule has 1 fully saturated rings. The van der Waals surface area contributed by atoms with Crippen molar-refractivity contribution >= 4 is 27.5 Å². The fraction of sp³-hybridized carbons (Fsp3) is 0.588. The zero-order chi connectivity index (χ0) is 17.7. The van der Waals surface area contributed by atoms with E-state index in [-0.39, 0.29) is 27.4 Å². The largest absolute Gasteiger partial charge is 0.339 e. The van der Waals surface area contributed by atoms with Crippen LogP contribution in [0.15, 0.2) is 23.1 Å². The lowest BCUT2D eigenvalue weighted by molar-refractivity contribution is 0.0706. The van der Waals surface area contributed by atoms with E-state index < -0.39 is 10.0 Å². The van der Waals surface area contributed by atoms with Gasteiger partial charge in [0.2, 0.25) is 10.0 Å². The summed E-state index contributed by atoms with van der Waals surface area (Å²) in [5.41, 5.74) is 0.234. The number of halogens is 1. The van der Waals surface area contributed by atoms with Gasteiger partial charge >= 0.3 is 0 Å². The summed E-state index contributed by atoms with van der Waals surface area (Å²) < 4.78 is 26.2. The molecular weight excluding hydrogens is 348 g/mol. The van der Waals surface area contributed by atoms with Gasteiger partial charge in [-0.2, -0.15) is 0 Å². The molecule has 1 aliphatic carbocycles. The van der Waals surface area contributed by atoms with Crippen LogP contribution < -0.4 is 4.72 Å². The zero-order valence-corrected chi connectivity index (χ0v) is 15.8. The van der Waals surface area contributed by atoms with Crippen molar-refractivity contribution in [3.05, 3.63) is 28.8 Å². The van der Waals surface area contributed by atoms with Gasteiger partial charge in [0.15, 0.2) is 0 Å². The molecule has 0 radical (unpaired) electrons. The van der Waals surface area contributed by atoms with E-state index in [9.17, 15) is 13.2 Å². The number of sulfonamides is 1. The number of nitrogens with zero attached hydrogens (tertiary/aromatic N) is 1. The summed E-state index contributed by atoms with van der Waals surface area (Å²) in [6.07, 6.45) is 7.86. The minimum absolute atomic E-state index is 0.0452. The molecule has 0 heterocycles. The Morgan fingerprint density at radius 1 is 1.17 bits per heavy atom.